The number of halogens is 1. The molecule has 1 N–H and O–H groups in total. The molecule has 90 valence electrons. The quantitative estimate of drug-likeness (QED) is 0.855. The minimum atomic E-state index is 0.357. The Kier molecular flexibility index (Phi) is 4.21. The molecule has 1 nitrogen and oxygen atoms in total. The highest BCUT2D eigenvalue weighted by atomic mass is 35.5. The van der Waals surface area contributed by atoms with Crippen LogP contribution in [0.15, 0.2) is 36.4 Å². The smallest absolute Gasteiger partial charge is 0.0931 e. The summed E-state index contributed by atoms with van der Waals surface area (Å²) in [6, 6.07) is 13.0. The Bertz CT molecular complexity index is 492. The number of hydrogen-bond donors (Lipinski definition) is 1. The fraction of sp³-hybridized carbons (Fsp3) is 0.286. The number of aryl methyl sites for hydroxylation is 1. The maximum absolute atomic E-state index is 5.90. The van der Waals surface area contributed by atoms with Crippen molar-refractivity contribution in [1.29, 1.82) is 0 Å². The van der Waals surface area contributed by atoms with E-state index in [1.165, 1.54) is 16.0 Å². The summed E-state index contributed by atoms with van der Waals surface area (Å²) >= 11 is 7.54. The predicted octanol–water partition coefficient (Wildman–Crippen LogP) is 4.56. The molecule has 2 aromatic rings. The van der Waals surface area contributed by atoms with Crippen LogP contribution in [-0.2, 0) is 6.54 Å². The zero-order valence-corrected chi connectivity index (χ0v) is 11.6. The highest BCUT2D eigenvalue weighted by Gasteiger charge is 2.05. The number of nitrogens with one attached hydrogen (secondary N) is 1. The van der Waals surface area contributed by atoms with Crippen LogP contribution in [0.4, 0.5) is 0 Å². The van der Waals surface area contributed by atoms with Crippen LogP contribution in [0.2, 0.25) is 4.34 Å². The molecule has 1 atom stereocenters. The molecule has 0 saturated carbocycles. The lowest BCUT2D eigenvalue weighted by Crippen LogP contribution is -2.17. The molecule has 0 spiro atoms. The summed E-state index contributed by atoms with van der Waals surface area (Å²) in [6.45, 7) is 5.17. The summed E-state index contributed by atoms with van der Waals surface area (Å²) in [7, 11) is 0. The molecule has 3 heteroatoms. The molecule has 1 aromatic heterocycles. The number of rotatable bonds is 4. The van der Waals surface area contributed by atoms with Gasteiger partial charge in [-0.3, -0.25) is 0 Å². The van der Waals surface area contributed by atoms with Crippen molar-refractivity contribution in [2.75, 3.05) is 0 Å². The maximum Gasteiger partial charge on any atom is 0.0931 e. The van der Waals surface area contributed by atoms with Crippen LogP contribution in [-0.4, -0.2) is 0 Å². The van der Waals surface area contributed by atoms with Crippen molar-refractivity contribution in [3.63, 3.8) is 0 Å². The van der Waals surface area contributed by atoms with Crippen molar-refractivity contribution in [3.8, 4) is 0 Å². The fourth-order valence-corrected chi connectivity index (χ4v) is 2.80. The van der Waals surface area contributed by atoms with Crippen molar-refractivity contribution < 1.29 is 0 Å². The molecule has 17 heavy (non-hydrogen) atoms. The Morgan fingerprint density at radius 2 is 2.12 bits per heavy atom. The Hall–Kier alpha value is -0.830. The highest BCUT2D eigenvalue weighted by molar-refractivity contribution is 7.16. The third-order valence-corrected chi connectivity index (χ3v) is 3.98. The Morgan fingerprint density at radius 3 is 2.76 bits per heavy atom. The van der Waals surface area contributed by atoms with Gasteiger partial charge in [-0.1, -0.05) is 41.4 Å². The van der Waals surface area contributed by atoms with Crippen LogP contribution in [0.25, 0.3) is 0 Å². The third-order valence-electron chi connectivity index (χ3n) is 2.75. The summed E-state index contributed by atoms with van der Waals surface area (Å²) in [5, 5.41) is 3.51. The van der Waals surface area contributed by atoms with E-state index in [1.807, 2.05) is 6.07 Å². The van der Waals surface area contributed by atoms with Gasteiger partial charge in [0.2, 0.25) is 0 Å². The monoisotopic (exact) mass is 265 g/mol. The van der Waals surface area contributed by atoms with Crippen LogP contribution in [0.1, 0.15) is 29.0 Å². The third kappa shape index (κ3) is 3.56. The summed E-state index contributed by atoms with van der Waals surface area (Å²) in [5.41, 5.74) is 2.63. The first-order valence-electron chi connectivity index (χ1n) is 5.69. The van der Waals surface area contributed by atoms with Crippen molar-refractivity contribution in [1.82, 2.24) is 5.32 Å². The van der Waals surface area contributed by atoms with Gasteiger partial charge in [0.15, 0.2) is 0 Å². The Morgan fingerprint density at radius 1 is 1.29 bits per heavy atom. The largest absolute Gasteiger partial charge is 0.305 e. The minimum Gasteiger partial charge on any atom is -0.305 e. The van der Waals surface area contributed by atoms with E-state index in [1.54, 1.807) is 11.3 Å². The molecule has 0 unspecified atom stereocenters. The molecule has 0 aliphatic carbocycles. The second-order valence-corrected chi connectivity index (χ2v) is 6.02. The van der Waals surface area contributed by atoms with E-state index in [0.717, 1.165) is 10.9 Å². The molecular weight excluding hydrogens is 250 g/mol. The normalized spacial score (nSPS) is 12.6. The van der Waals surface area contributed by atoms with Crippen molar-refractivity contribution in [3.05, 3.63) is 56.7 Å². The molecule has 2 rings (SSSR count). The van der Waals surface area contributed by atoms with Crippen LogP contribution < -0.4 is 5.32 Å². The molecule has 1 heterocycles. The van der Waals surface area contributed by atoms with E-state index in [-0.39, 0.29) is 0 Å². The average molecular weight is 266 g/mol. The van der Waals surface area contributed by atoms with Crippen molar-refractivity contribution in [2.24, 2.45) is 0 Å². The summed E-state index contributed by atoms with van der Waals surface area (Å²) in [5.74, 6) is 0. The van der Waals surface area contributed by atoms with Gasteiger partial charge in [-0.05, 0) is 31.5 Å². The molecule has 0 aliphatic heterocycles. The van der Waals surface area contributed by atoms with Gasteiger partial charge in [-0.2, -0.15) is 0 Å². The van der Waals surface area contributed by atoms with Crippen LogP contribution in [0.3, 0.4) is 0 Å². The van der Waals surface area contributed by atoms with Gasteiger partial charge in [-0.15, -0.1) is 11.3 Å². The number of benzene rings is 1. The summed E-state index contributed by atoms with van der Waals surface area (Å²) in [4.78, 5) is 1.27. The summed E-state index contributed by atoms with van der Waals surface area (Å²) in [6.07, 6.45) is 0. The first-order valence-corrected chi connectivity index (χ1v) is 6.89. The lowest BCUT2D eigenvalue weighted by molar-refractivity contribution is 0.578. The van der Waals surface area contributed by atoms with E-state index < -0.39 is 0 Å². The highest BCUT2D eigenvalue weighted by Crippen LogP contribution is 2.22. The van der Waals surface area contributed by atoms with Gasteiger partial charge < -0.3 is 5.32 Å². The number of hydrogen-bond acceptors (Lipinski definition) is 2. The van der Waals surface area contributed by atoms with Gasteiger partial charge in [0.05, 0.1) is 4.34 Å². The topological polar surface area (TPSA) is 12.0 Å². The lowest BCUT2D eigenvalue weighted by Gasteiger charge is -2.14. The van der Waals surface area contributed by atoms with E-state index in [9.17, 15) is 0 Å². The second kappa shape index (κ2) is 5.67. The van der Waals surface area contributed by atoms with Crippen LogP contribution >= 0.6 is 22.9 Å². The van der Waals surface area contributed by atoms with E-state index in [0.29, 0.717) is 6.04 Å². The van der Waals surface area contributed by atoms with E-state index in [2.05, 4.69) is 49.5 Å². The molecule has 0 bridgehead atoms. The standard InChI is InChI=1S/C14H16ClNS/c1-10-4-3-5-12(8-10)11(2)16-9-13-6-7-14(15)17-13/h3-8,11,16H,9H2,1-2H3/t11-/m0/s1. The lowest BCUT2D eigenvalue weighted by atomic mass is 10.1. The van der Waals surface area contributed by atoms with E-state index in [4.69, 9.17) is 11.6 Å². The first-order chi connectivity index (χ1) is 8.15. The zero-order valence-electron chi connectivity index (χ0n) is 10.0. The van der Waals surface area contributed by atoms with Gasteiger partial charge in [0.25, 0.3) is 0 Å². The molecular formula is C14H16ClNS. The molecule has 0 fully saturated rings. The fourth-order valence-electron chi connectivity index (χ4n) is 1.76. The number of thiophene rings is 1. The van der Waals surface area contributed by atoms with Crippen molar-refractivity contribution >= 4 is 22.9 Å². The van der Waals surface area contributed by atoms with Crippen LogP contribution in [0.5, 0.6) is 0 Å². The molecule has 0 aliphatic rings. The Balaban J connectivity index is 1.95. The average Bonchev–Trinajstić information content (AvgIpc) is 2.72. The Labute approximate surface area is 111 Å². The molecule has 0 amide bonds. The molecule has 0 saturated heterocycles. The van der Waals surface area contributed by atoms with Gasteiger partial charge in [-0.25, -0.2) is 0 Å². The molecule has 1 aromatic carbocycles. The SMILES string of the molecule is Cc1cccc([C@H](C)NCc2ccc(Cl)s2)c1. The van der Waals surface area contributed by atoms with Crippen molar-refractivity contribution in [2.45, 2.75) is 26.4 Å². The minimum absolute atomic E-state index is 0.357. The van der Waals surface area contributed by atoms with Gasteiger partial charge in [0, 0.05) is 17.5 Å². The second-order valence-electron chi connectivity index (χ2n) is 4.22. The zero-order chi connectivity index (χ0) is 12.3. The summed E-state index contributed by atoms with van der Waals surface area (Å²) < 4.78 is 0.852. The van der Waals surface area contributed by atoms with E-state index >= 15 is 0 Å². The van der Waals surface area contributed by atoms with Gasteiger partial charge >= 0.3 is 0 Å². The van der Waals surface area contributed by atoms with Crippen LogP contribution in [0, 0.1) is 6.92 Å². The first kappa shape index (κ1) is 12.6. The predicted molar refractivity (Wildman–Crippen MR) is 75.8 cm³/mol. The maximum atomic E-state index is 5.90. The molecule has 0 radical (unpaired) electrons. The van der Waals surface area contributed by atoms with Gasteiger partial charge in [0.1, 0.15) is 0 Å².